The maximum atomic E-state index is 2.46. The molecule has 2 aliphatic carbocycles. The van der Waals surface area contributed by atoms with Crippen molar-refractivity contribution in [1.82, 2.24) is 4.90 Å². The minimum absolute atomic E-state index is 0.164. The van der Waals surface area contributed by atoms with Gasteiger partial charge in [-0.2, -0.15) is 0 Å². The molecule has 3 unspecified atom stereocenters. The summed E-state index contributed by atoms with van der Waals surface area (Å²) in [6, 6.07) is 9.51. The Bertz CT molecular complexity index is 664. The maximum absolute atomic E-state index is 2.46. The lowest BCUT2D eigenvalue weighted by Crippen LogP contribution is -2.23. The van der Waals surface area contributed by atoms with Crippen molar-refractivity contribution >= 4 is 0 Å². The molecule has 2 bridgehead atoms. The minimum Gasteiger partial charge on any atom is -0.373 e. The van der Waals surface area contributed by atoms with Crippen molar-refractivity contribution in [2.45, 2.75) is 31.7 Å². The van der Waals surface area contributed by atoms with Crippen molar-refractivity contribution < 1.29 is 0 Å². The van der Waals surface area contributed by atoms with E-state index < -0.39 is 0 Å². The number of benzene rings is 1. The number of hydrogen-bond acceptors (Lipinski definition) is 1. The van der Waals surface area contributed by atoms with E-state index in [9.17, 15) is 0 Å². The Morgan fingerprint density at radius 1 is 1.25 bits per heavy atom. The number of hydrogen-bond donors (Lipinski definition) is 0. The van der Waals surface area contributed by atoms with Crippen molar-refractivity contribution in [3.05, 3.63) is 71.0 Å². The zero-order valence-electron chi connectivity index (χ0n) is 12.4. The third-order valence-corrected chi connectivity index (χ3v) is 5.26. The summed E-state index contributed by atoms with van der Waals surface area (Å²) in [6.45, 7) is 4.70. The minimum atomic E-state index is 0.164. The first-order valence-corrected chi connectivity index (χ1v) is 7.53. The molecule has 1 heterocycles. The highest BCUT2D eigenvalue weighted by Crippen LogP contribution is 2.55. The van der Waals surface area contributed by atoms with E-state index in [1.807, 2.05) is 0 Å². The van der Waals surface area contributed by atoms with Gasteiger partial charge in [0.05, 0.1) is 6.04 Å². The molecule has 0 amide bonds. The largest absolute Gasteiger partial charge is 0.373 e. The van der Waals surface area contributed by atoms with Crippen LogP contribution in [0.5, 0.6) is 0 Å². The van der Waals surface area contributed by atoms with Crippen LogP contribution in [0.1, 0.15) is 37.4 Å². The van der Waals surface area contributed by atoms with Gasteiger partial charge in [0.25, 0.3) is 0 Å². The average molecular weight is 263 g/mol. The molecule has 1 nitrogen and oxygen atoms in total. The first kappa shape index (κ1) is 12.0. The molecule has 4 rings (SSSR count). The van der Waals surface area contributed by atoms with Crippen LogP contribution in [0.2, 0.25) is 0 Å². The lowest BCUT2D eigenvalue weighted by atomic mass is 9.71. The topological polar surface area (TPSA) is 3.24 Å². The van der Waals surface area contributed by atoms with Crippen molar-refractivity contribution in [1.29, 1.82) is 0 Å². The summed E-state index contributed by atoms with van der Waals surface area (Å²) >= 11 is 0. The average Bonchev–Trinajstić information content (AvgIpc) is 2.70. The fourth-order valence-corrected chi connectivity index (χ4v) is 4.20. The lowest BCUT2D eigenvalue weighted by molar-refractivity contribution is 0.315. The van der Waals surface area contributed by atoms with Crippen LogP contribution in [0.25, 0.3) is 0 Å². The van der Waals surface area contributed by atoms with Gasteiger partial charge in [-0.25, -0.2) is 0 Å². The summed E-state index contributed by atoms with van der Waals surface area (Å²) in [7, 11) is 2.22. The van der Waals surface area contributed by atoms with E-state index >= 15 is 0 Å². The summed E-state index contributed by atoms with van der Waals surface area (Å²) < 4.78 is 0. The van der Waals surface area contributed by atoms with Crippen LogP contribution in [0, 0.1) is 5.92 Å². The molecular formula is C19H21N. The predicted molar refractivity (Wildman–Crippen MR) is 83.4 cm³/mol. The van der Waals surface area contributed by atoms with Crippen LogP contribution in [-0.2, 0) is 5.41 Å². The number of rotatable bonds is 0. The fraction of sp³-hybridized carbons (Fsp3) is 0.368. The summed E-state index contributed by atoms with van der Waals surface area (Å²) in [5, 5.41) is 0. The van der Waals surface area contributed by atoms with Gasteiger partial charge in [-0.15, -0.1) is 0 Å². The van der Waals surface area contributed by atoms with E-state index in [4.69, 9.17) is 0 Å². The fourth-order valence-electron chi connectivity index (χ4n) is 4.20. The lowest BCUT2D eigenvalue weighted by Gasteiger charge is -2.32. The Morgan fingerprint density at radius 3 is 2.90 bits per heavy atom. The third kappa shape index (κ3) is 1.44. The monoisotopic (exact) mass is 263 g/mol. The molecule has 0 saturated heterocycles. The van der Waals surface area contributed by atoms with Crippen molar-refractivity contribution in [2.24, 2.45) is 5.92 Å². The van der Waals surface area contributed by atoms with Gasteiger partial charge in [0.2, 0.25) is 0 Å². The highest BCUT2D eigenvalue weighted by molar-refractivity contribution is 5.59. The molecule has 0 aromatic heterocycles. The molecule has 1 aliphatic heterocycles. The van der Waals surface area contributed by atoms with Gasteiger partial charge in [-0.1, -0.05) is 56.3 Å². The summed E-state index contributed by atoms with van der Waals surface area (Å²) in [5.74, 6) is 0.536. The van der Waals surface area contributed by atoms with Crippen LogP contribution >= 0.6 is 0 Å². The van der Waals surface area contributed by atoms with Crippen molar-refractivity contribution in [2.75, 3.05) is 7.05 Å². The van der Waals surface area contributed by atoms with Gasteiger partial charge in [-0.3, -0.25) is 0 Å². The highest BCUT2D eigenvalue weighted by atomic mass is 15.1. The Balaban J connectivity index is 1.99. The highest BCUT2D eigenvalue weighted by Gasteiger charge is 2.46. The molecule has 0 fully saturated rings. The van der Waals surface area contributed by atoms with Crippen LogP contribution in [0.15, 0.2) is 59.8 Å². The molecule has 3 aliphatic rings. The first-order chi connectivity index (χ1) is 9.59. The maximum Gasteiger partial charge on any atom is 0.0548 e. The molecule has 0 N–H and O–H groups in total. The summed E-state index contributed by atoms with van der Waals surface area (Å²) in [6.07, 6.45) is 10.6. The molecule has 0 radical (unpaired) electrons. The van der Waals surface area contributed by atoms with Crippen LogP contribution in [0.3, 0.4) is 0 Å². The van der Waals surface area contributed by atoms with Crippen molar-refractivity contribution in [3.63, 3.8) is 0 Å². The molecule has 102 valence electrons. The van der Waals surface area contributed by atoms with E-state index in [0.717, 1.165) is 0 Å². The molecular weight excluding hydrogens is 242 g/mol. The van der Waals surface area contributed by atoms with E-state index in [2.05, 4.69) is 74.5 Å². The van der Waals surface area contributed by atoms with Gasteiger partial charge < -0.3 is 4.90 Å². The van der Waals surface area contributed by atoms with E-state index in [0.29, 0.717) is 12.0 Å². The molecule has 1 aromatic rings. The predicted octanol–water partition coefficient (Wildman–Crippen LogP) is 4.35. The molecule has 0 saturated carbocycles. The SMILES string of the molecule is CC1C=CC2=CN(C)C3CC(C)(C2=C1)c1ccccc13. The van der Waals surface area contributed by atoms with Gasteiger partial charge >= 0.3 is 0 Å². The van der Waals surface area contributed by atoms with Gasteiger partial charge in [0, 0.05) is 18.7 Å². The van der Waals surface area contributed by atoms with Crippen molar-refractivity contribution in [3.8, 4) is 0 Å². The number of nitrogens with zero attached hydrogens (tertiary/aromatic N) is 1. The zero-order valence-corrected chi connectivity index (χ0v) is 12.4. The van der Waals surface area contributed by atoms with E-state index in [-0.39, 0.29) is 5.41 Å². The number of fused-ring (bicyclic) bond motifs is 7. The second-order valence-electron chi connectivity index (χ2n) is 6.69. The van der Waals surface area contributed by atoms with E-state index in [1.54, 1.807) is 0 Å². The quantitative estimate of drug-likeness (QED) is 0.672. The summed E-state index contributed by atoms with van der Waals surface area (Å²) in [4.78, 5) is 2.40. The number of allylic oxidation sites excluding steroid dienone is 5. The van der Waals surface area contributed by atoms with Gasteiger partial charge in [-0.05, 0) is 34.6 Å². The van der Waals surface area contributed by atoms with E-state index in [1.165, 1.54) is 28.7 Å². The smallest absolute Gasteiger partial charge is 0.0548 e. The molecule has 1 heteroatoms. The van der Waals surface area contributed by atoms with Crippen LogP contribution in [0.4, 0.5) is 0 Å². The Hall–Kier alpha value is -1.76. The second-order valence-corrected chi connectivity index (χ2v) is 6.69. The Morgan fingerprint density at radius 2 is 2.05 bits per heavy atom. The third-order valence-electron chi connectivity index (χ3n) is 5.26. The van der Waals surface area contributed by atoms with Gasteiger partial charge in [0.1, 0.15) is 0 Å². The first-order valence-electron chi connectivity index (χ1n) is 7.53. The van der Waals surface area contributed by atoms with Crippen LogP contribution in [-0.4, -0.2) is 11.9 Å². The summed E-state index contributed by atoms with van der Waals surface area (Å²) in [5.41, 5.74) is 6.11. The Labute approximate surface area is 121 Å². The molecule has 3 atom stereocenters. The van der Waals surface area contributed by atoms with Gasteiger partial charge in [0.15, 0.2) is 0 Å². The molecule has 20 heavy (non-hydrogen) atoms. The molecule has 1 aromatic carbocycles. The zero-order chi connectivity index (χ0) is 13.9. The second kappa shape index (κ2) is 3.88. The van der Waals surface area contributed by atoms with Crippen LogP contribution < -0.4 is 0 Å². The normalized spacial score (nSPS) is 34.0. The Kier molecular flexibility index (Phi) is 2.33. The standard InChI is InChI=1S/C19H21N/c1-13-8-9-14-12-20(3)18-11-19(2,17(14)10-13)16-7-5-4-6-15(16)18/h4-10,12-13,18H,11H2,1-3H3. The molecule has 0 spiro atoms.